The van der Waals surface area contributed by atoms with E-state index in [1.54, 1.807) is 0 Å². The number of esters is 1. The van der Waals surface area contributed by atoms with Gasteiger partial charge in [-0.3, -0.25) is 14.4 Å². The lowest BCUT2D eigenvalue weighted by atomic mass is 10.2. The molecule has 0 bridgehead atoms. The number of nitrogens with one attached hydrogen (secondary N) is 2. The Labute approximate surface area is 204 Å². The van der Waals surface area contributed by atoms with E-state index in [4.69, 9.17) is 27.9 Å². The normalized spacial score (nSPS) is 11.7. The van der Waals surface area contributed by atoms with Gasteiger partial charge in [-0.1, -0.05) is 23.2 Å². The van der Waals surface area contributed by atoms with Crippen molar-refractivity contribution in [3.63, 3.8) is 0 Å². The first-order valence-corrected chi connectivity index (χ1v) is 10.4. The van der Waals surface area contributed by atoms with Crippen LogP contribution < -0.4 is 10.6 Å². The summed E-state index contributed by atoms with van der Waals surface area (Å²) < 4.78 is 81.3. The van der Waals surface area contributed by atoms with Crippen molar-refractivity contribution >= 4 is 52.4 Å². The molecule has 0 spiro atoms. The van der Waals surface area contributed by atoms with Crippen LogP contribution in [0.15, 0.2) is 36.4 Å². The summed E-state index contributed by atoms with van der Waals surface area (Å²) in [6, 6.07) is 4.71. The Morgan fingerprint density at radius 3 is 1.66 bits per heavy atom. The number of hydrogen-bond donors (Lipinski definition) is 2. The van der Waals surface area contributed by atoms with Crippen LogP contribution in [0.4, 0.5) is 37.7 Å². The van der Waals surface area contributed by atoms with Crippen LogP contribution in [0, 0.1) is 0 Å². The van der Waals surface area contributed by atoms with Crippen molar-refractivity contribution in [3.05, 3.63) is 57.6 Å². The number of benzene rings is 2. The van der Waals surface area contributed by atoms with Gasteiger partial charge in [0.25, 0.3) is 5.91 Å². The first-order valence-electron chi connectivity index (χ1n) is 9.65. The largest absolute Gasteiger partial charge is 0.456 e. The van der Waals surface area contributed by atoms with E-state index in [-0.39, 0.29) is 40.7 Å². The van der Waals surface area contributed by atoms with E-state index in [1.165, 1.54) is 0 Å². The fraction of sp³-hybridized carbons (Fsp3) is 0.286. The minimum atomic E-state index is -4.66. The molecular formula is C21H16Cl2F6N2O4. The topological polar surface area (TPSA) is 84.5 Å². The van der Waals surface area contributed by atoms with Crippen molar-refractivity contribution < 1.29 is 45.5 Å². The zero-order chi connectivity index (χ0) is 26.4. The molecule has 0 heterocycles. The Hall–Kier alpha value is -2.99. The van der Waals surface area contributed by atoms with Crippen LogP contribution in [-0.2, 0) is 31.5 Å². The van der Waals surface area contributed by atoms with Gasteiger partial charge in [0.05, 0.1) is 32.5 Å². The number of amides is 2. The average molecular weight is 545 g/mol. The van der Waals surface area contributed by atoms with Gasteiger partial charge in [-0.25, -0.2) is 0 Å². The zero-order valence-electron chi connectivity index (χ0n) is 17.4. The summed E-state index contributed by atoms with van der Waals surface area (Å²) in [5.41, 5.74) is -2.63. The van der Waals surface area contributed by atoms with Crippen molar-refractivity contribution in [2.24, 2.45) is 0 Å². The minimum Gasteiger partial charge on any atom is -0.456 e. The Balaban J connectivity index is 1.78. The smallest absolute Gasteiger partial charge is 0.416 e. The van der Waals surface area contributed by atoms with Crippen molar-refractivity contribution in [3.8, 4) is 0 Å². The molecule has 0 fully saturated rings. The molecule has 0 saturated carbocycles. The summed E-state index contributed by atoms with van der Waals surface area (Å²) in [5.74, 6) is -2.55. The van der Waals surface area contributed by atoms with Gasteiger partial charge in [-0.05, 0) is 42.8 Å². The molecule has 0 aliphatic carbocycles. The number of carbonyl (C=O) groups excluding carboxylic acids is 3. The fourth-order valence-electron chi connectivity index (χ4n) is 2.61. The number of carbonyl (C=O) groups is 3. The number of rotatable bonds is 8. The second-order valence-electron chi connectivity index (χ2n) is 7.00. The zero-order valence-corrected chi connectivity index (χ0v) is 19.0. The summed E-state index contributed by atoms with van der Waals surface area (Å²) >= 11 is 11.5. The Morgan fingerprint density at radius 2 is 1.20 bits per heavy atom. The Morgan fingerprint density at radius 1 is 0.743 bits per heavy atom. The number of ether oxygens (including phenoxy) is 1. The summed E-state index contributed by atoms with van der Waals surface area (Å²) in [6.45, 7) is -0.822. The van der Waals surface area contributed by atoms with Gasteiger partial charge in [-0.2, -0.15) is 26.3 Å². The third-order valence-electron chi connectivity index (χ3n) is 4.28. The van der Waals surface area contributed by atoms with E-state index in [2.05, 4.69) is 10.6 Å². The van der Waals surface area contributed by atoms with Crippen LogP contribution in [-0.4, -0.2) is 24.4 Å². The predicted octanol–water partition coefficient (Wildman–Crippen LogP) is 6.32. The average Bonchev–Trinajstić information content (AvgIpc) is 2.73. The highest BCUT2D eigenvalue weighted by atomic mass is 35.5. The first kappa shape index (κ1) is 28.2. The number of hydrogen-bond acceptors (Lipinski definition) is 4. The molecule has 14 heteroatoms. The molecule has 2 N–H and O–H groups in total. The third kappa shape index (κ3) is 8.95. The molecule has 0 aliphatic rings. The van der Waals surface area contributed by atoms with E-state index in [0.717, 1.165) is 24.3 Å². The maximum absolute atomic E-state index is 12.8. The lowest BCUT2D eigenvalue weighted by Gasteiger charge is -2.12. The van der Waals surface area contributed by atoms with E-state index < -0.39 is 47.9 Å². The second kappa shape index (κ2) is 11.6. The van der Waals surface area contributed by atoms with Gasteiger partial charge in [0, 0.05) is 12.8 Å². The molecule has 190 valence electrons. The summed E-state index contributed by atoms with van der Waals surface area (Å²) in [7, 11) is 0. The van der Waals surface area contributed by atoms with E-state index >= 15 is 0 Å². The predicted molar refractivity (Wildman–Crippen MR) is 115 cm³/mol. The molecule has 0 atom stereocenters. The van der Waals surface area contributed by atoms with Crippen LogP contribution in [0.2, 0.25) is 10.0 Å². The van der Waals surface area contributed by atoms with E-state index in [9.17, 15) is 40.7 Å². The molecule has 2 rings (SSSR count). The maximum atomic E-state index is 12.8. The first-order chi connectivity index (χ1) is 16.2. The Kier molecular flexibility index (Phi) is 9.38. The van der Waals surface area contributed by atoms with Crippen molar-refractivity contribution in [1.82, 2.24) is 0 Å². The second-order valence-corrected chi connectivity index (χ2v) is 7.81. The standard InChI is InChI=1S/C21H16Cl2F6N2O4/c22-13-6-4-11(20(24,25)26)8-15(13)30-17(32)2-1-3-19(34)35-10-18(33)31-16-9-12(21(27,28)29)5-7-14(16)23/h4-9H,1-3,10H2,(H,30,32)(H,31,33). The van der Waals surface area contributed by atoms with Crippen LogP contribution in [0.1, 0.15) is 30.4 Å². The van der Waals surface area contributed by atoms with Gasteiger partial charge < -0.3 is 15.4 Å². The van der Waals surface area contributed by atoms with Gasteiger partial charge in [-0.15, -0.1) is 0 Å². The van der Waals surface area contributed by atoms with Crippen LogP contribution in [0.5, 0.6) is 0 Å². The number of anilines is 2. The molecule has 2 aromatic rings. The fourth-order valence-corrected chi connectivity index (χ4v) is 2.93. The SMILES string of the molecule is O=C(CCCC(=O)OCC(=O)Nc1cc(C(F)(F)F)ccc1Cl)Nc1cc(C(F)(F)F)ccc1Cl. The molecule has 2 aromatic carbocycles. The van der Waals surface area contributed by atoms with Crippen LogP contribution >= 0.6 is 23.2 Å². The molecule has 0 unspecified atom stereocenters. The van der Waals surface area contributed by atoms with Gasteiger partial charge >= 0.3 is 18.3 Å². The third-order valence-corrected chi connectivity index (χ3v) is 4.94. The van der Waals surface area contributed by atoms with Crippen LogP contribution in [0.3, 0.4) is 0 Å². The molecule has 0 radical (unpaired) electrons. The molecular weight excluding hydrogens is 529 g/mol. The highest BCUT2D eigenvalue weighted by Crippen LogP contribution is 2.35. The van der Waals surface area contributed by atoms with E-state index in [0.29, 0.717) is 12.1 Å². The number of halogens is 8. The summed E-state index contributed by atoms with van der Waals surface area (Å²) in [6.07, 6.45) is -9.95. The lowest BCUT2D eigenvalue weighted by Crippen LogP contribution is -2.21. The van der Waals surface area contributed by atoms with E-state index in [1.807, 2.05) is 0 Å². The maximum Gasteiger partial charge on any atom is 0.416 e. The van der Waals surface area contributed by atoms with Crippen molar-refractivity contribution in [2.75, 3.05) is 17.2 Å². The lowest BCUT2D eigenvalue weighted by molar-refractivity contribution is -0.147. The molecule has 2 amide bonds. The molecule has 0 saturated heterocycles. The molecule has 0 aromatic heterocycles. The summed E-state index contributed by atoms with van der Waals surface area (Å²) in [4.78, 5) is 35.6. The van der Waals surface area contributed by atoms with Crippen LogP contribution in [0.25, 0.3) is 0 Å². The molecule has 6 nitrogen and oxygen atoms in total. The van der Waals surface area contributed by atoms with Crippen molar-refractivity contribution in [1.29, 1.82) is 0 Å². The van der Waals surface area contributed by atoms with Crippen molar-refractivity contribution in [2.45, 2.75) is 31.6 Å². The quantitative estimate of drug-likeness (QED) is 0.301. The Bertz CT molecular complexity index is 1110. The molecule has 35 heavy (non-hydrogen) atoms. The van der Waals surface area contributed by atoms with Gasteiger partial charge in [0.15, 0.2) is 6.61 Å². The number of alkyl halides is 6. The van der Waals surface area contributed by atoms with Gasteiger partial charge in [0.1, 0.15) is 0 Å². The highest BCUT2D eigenvalue weighted by Gasteiger charge is 2.32. The monoisotopic (exact) mass is 544 g/mol. The van der Waals surface area contributed by atoms with Gasteiger partial charge in [0.2, 0.25) is 5.91 Å². The highest BCUT2D eigenvalue weighted by molar-refractivity contribution is 6.34. The summed E-state index contributed by atoms with van der Waals surface area (Å²) in [5, 5.41) is 4.03. The minimum absolute atomic E-state index is 0.0671. The molecule has 0 aliphatic heterocycles.